The van der Waals surface area contributed by atoms with Gasteiger partial charge in [0.05, 0.1) is 11.7 Å². The molecule has 1 atom stereocenters. The minimum Gasteiger partial charge on any atom is -0.318 e. The van der Waals surface area contributed by atoms with Gasteiger partial charge in [0, 0.05) is 32.9 Å². The first-order valence-corrected chi connectivity index (χ1v) is 5.96. The van der Waals surface area contributed by atoms with Crippen LogP contribution in [-0.4, -0.2) is 51.3 Å². The molecule has 1 saturated heterocycles. The highest BCUT2D eigenvalue weighted by molar-refractivity contribution is 5.85. The number of rotatable bonds is 2. The second-order valence-corrected chi connectivity index (χ2v) is 4.49. The van der Waals surface area contributed by atoms with Crippen molar-refractivity contribution >= 4 is 11.6 Å². The quantitative estimate of drug-likeness (QED) is 0.761. The first-order valence-electron chi connectivity index (χ1n) is 5.96. The third-order valence-electron chi connectivity index (χ3n) is 3.63. The van der Waals surface area contributed by atoms with Gasteiger partial charge >= 0.3 is 6.03 Å². The van der Waals surface area contributed by atoms with Crippen molar-refractivity contribution in [2.75, 3.05) is 19.6 Å². The molecule has 5 heteroatoms. The molecule has 1 aromatic rings. The van der Waals surface area contributed by atoms with E-state index in [1.807, 2.05) is 34.5 Å². The van der Waals surface area contributed by atoms with Gasteiger partial charge in [0.1, 0.15) is 0 Å². The number of fused-ring (bicyclic) bond motifs is 2. The van der Waals surface area contributed by atoms with E-state index >= 15 is 0 Å². The average Bonchev–Trinajstić information content (AvgIpc) is 2.85. The van der Waals surface area contributed by atoms with E-state index in [0.29, 0.717) is 6.54 Å². The van der Waals surface area contributed by atoms with Crippen molar-refractivity contribution in [1.82, 2.24) is 19.6 Å². The van der Waals surface area contributed by atoms with Gasteiger partial charge in [0.25, 0.3) is 0 Å². The van der Waals surface area contributed by atoms with Crippen molar-refractivity contribution in [3.8, 4) is 0 Å². The van der Waals surface area contributed by atoms with Gasteiger partial charge in [-0.15, -0.1) is 0 Å². The highest BCUT2D eigenvalue weighted by Gasteiger charge is 2.41. The van der Waals surface area contributed by atoms with Crippen molar-refractivity contribution in [3.05, 3.63) is 24.0 Å². The van der Waals surface area contributed by atoms with Crippen LogP contribution in [0.5, 0.6) is 0 Å². The molecule has 90 valence electrons. The number of carbonyl (C=O) groups excluding carboxylic acids is 1. The lowest BCUT2D eigenvalue weighted by Gasteiger charge is -2.24. The number of aromatic nitrogens is 2. The standard InChI is InChI=1S/C12H16N4O/c1-3-16-11-8-15(12(16)17)7-5-9(11)10-4-6-13-14(10)2/h4-6,11H,3,7-8H2,1-2H3. The lowest BCUT2D eigenvalue weighted by molar-refractivity contribution is 0.196. The summed E-state index contributed by atoms with van der Waals surface area (Å²) in [5.74, 6) is 0. The molecule has 1 fully saturated rings. The molecule has 0 radical (unpaired) electrons. The fourth-order valence-electron chi connectivity index (χ4n) is 2.75. The van der Waals surface area contributed by atoms with Gasteiger partial charge in [-0.1, -0.05) is 6.08 Å². The molecule has 0 N–H and O–H groups in total. The van der Waals surface area contributed by atoms with E-state index in [9.17, 15) is 4.79 Å². The Morgan fingerprint density at radius 2 is 2.35 bits per heavy atom. The zero-order chi connectivity index (χ0) is 12.0. The smallest absolute Gasteiger partial charge is 0.318 e. The number of likely N-dealkylation sites (N-methyl/N-ethyl adjacent to an activating group) is 1. The van der Waals surface area contributed by atoms with E-state index in [2.05, 4.69) is 11.2 Å². The van der Waals surface area contributed by atoms with Crippen LogP contribution in [0.2, 0.25) is 0 Å². The van der Waals surface area contributed by atoms with Crippen LogP contribution in [0.15, 0.2) is 18.3 Å². The third-order valence-corrected chi connectivity index (χ3v) is 3.63. The van der Waals surface area contributed by atoms with E-state index in [0.717, 1.165) is 18.8 Å². The van der Waals surface area contributed by atoms with E-state index in [4.69, 9.17) is 0 Å². The fourth-order valence-corrected chi connectivity index (χ4v) is 2.75. The Labute approximate surface area is 100 Å². The van der Waals surface area contributed by atoms with Gasteiger partial charge in [-0.3, -0.25) is 4.68 Å². The van der Waals surface area contributed by atoms with Gasteiger partial charge in [-0.2, -0.15) is 5.10 Å². The molecule has 0 spiro atoms. The molecule has 2 aliphatic heterocycles. The summed E-state index contributed by atoms with van der Waals surface area (Å²) in [4.78, 5) is 15.8. The average molecular weight is 232 g/mol. The summed E-state index contributed by atoms with van der Waals surface area (Å²) in [6.45, 7) is 4.31. The lowest BCUT2D eigenvalue weighted by Crippen LogP contribution is -2.34. The molecule has 1 aromatic heterocycles. The summed E-state index contributed by atoms with van der Waals surface area (Å²) in [7, 11) is 1.94. The summed E-state index contributed by atoms with van der Waals surface area (Å²) in [6, 6.07) is 2.36. The molecular formula is C12H16N4O. The topological polar surface area (TPSA) is 41.4 Å². The number of urea groups is 1. The molecule has 2 aliphatic rings. The van der Waals surface area contributed by atoms with Gasteiger partial charge in [-0.25, -0.2) is 4.79 Å². The van der Waals surface area contributed by atoms with Crippen molar-refractivity contribution in [2.45, 2.75) is 13.0 Å². The molecule has 1 unspecified atom stereocenters. The minimum atomic E-state index is 0.158. The molecule has 0 saturated carbocycles. The van der Waals surface area contributed by atoms with Crippen LogP contribution in [0.1, 0.15) is 12.6 Å². The Bertz CT molecular complexity index is 490. The second kappa shape index (κ2) is 3.61. The highest BCUT2D eigenvalue weighted by Crippen LogP contribution is 2.31. The van der Waals surface area contributed by atoms with Crippen LogP contribution in [0.4, 0.5) is 4.79 Å². The van der Waals surface area contributed by atoms with Crippen molar-refractivity contribution in [2.24, 2.45) is 7.05 Å². The predicted molar refractivity (Wildman–Crippen MR) is 64.3 cm³/mol. The first kappa shape index (κ1) is 10.4. The maximum Gasteiger partial charge on any atom is 0.320 e. The molecule has 3 rings (SSSR count). The third kappa shape index (κ3) is 1.38. The summed E-state index contributed by atoms with van der Waals surface area (Å²) in [5.41, 5.74) is 2.34. The number of hydrogen-bond acceptors (Lipinski definition) is 2. The van der Waals surface area contributed by atoms with Crippen LogP contribution >= 0.6 is 0 Å². The molecule has 2 bridgehead atoms. The lowest BCUT2D eigenvalue weighted by atomic mass is 10.0. The van der Waals surface area contributed by atoms with Gasteiger partial charge in [0.15, 0.2) is 0 Å². The van der Waals surface area contributed by atoms with Crippen LogP contribution in [0.25, 0.3) is 5.57 Å². The SMILES string of the molecule is CCN1C(=O)N2CC=C(c3ccnn3C)C1C2. The Kier molecular flexibility index (Phi) is 2.21. The largest absolute Gasteiger partial charge is 0.320 e. The fraction of sp³-hybridized carbons (Fsp3) is 0.500. The zero-order valence-corrected chi connectivity index (χ0v) is 10.1. The summed E-state index contributed by atoms with van der Waals surface area (Å²) >= 11 is 0. The molecular weight excluding hydrogens is 216 g/mol. The van der Waals surface area contributed by atoms with E-state index in [-0.39, 0.29) is 12.1 Å². The Morgan fingerprint density at radius 1 is 1.53 bits per heavy atom. The van der Waals surface area contributed by atoms with E-state index in [1.54, 1.807) is 6.20 Å². The van der Waals surface area contributed by atoms with Crippen molar-refractivity contribution in [3.63, 3.8) is 0 Å². The number of nitrogens with zero attached hydrogens (tertiary/aromatic N) is 4. The molecule has 2 amide bonds. The Morgan fingerprint density at radius 3 is 3.00 bits per heavy atom. The maximum atomic E-state index is 12.0. The summed E-state index contributed by atoms with van der Waals surface area (Å²) < 4.78 is 1.87. The molecule has 5 nitrogen and oxygen atoms in total. The number of aryl methyl sites for hydroxylation is 1. The summed E-state index contributed by atoms with van der Waals surface area (Å²) in [5, 5.41) is 4.20. The summed E-state index contributed by atoms with van der Waals surface area (Å²) in [6.07, 6.45) is 3.95. The van der Waals surface area contributed by atoms with Crippen LogP contribution in [0, 0.1) is 0 Å². The van der Waals surface area contributed by atoms with E-state index < -0.39 is 0 Å². The molecule has 0 aliphatic carbocycles. The minimum absolute atomic E-state index is 0.158. The zero-order valence-electron chi connectivity index (χ0n) is 10.1. The Balaban J connectivity index is 2.00. The van der Waals surface area contributed by atoms with Gasteiger partial charge in [-0.05, 0) is 18.6 Å². The van der Waals surface area contributed by atoms with Crippen LogP contribution < -0.4 is 0 Å². The number of carbonyl (C=O) groups is 1. The first-order chi connectivity index (χ1) is 8.22. The van der Waals surface area contributed by atoms with Crippen LogP contribution in [-0.2, 0) is 7.05 Å². The molecule has 17 heavy (non-hydrogen) atoms. The van der Waals surface area contributed by atoms with Crippen molar-refractivity contribution < 1.29 is 4.79 Å². The van der Waals surface area contributed by atoms with Gasteiger partial charge < -0.3 is 9.80 Å². The number of amides is 2. The number of hydrogen-bond donors (Lipinski definition) is 0. The normalized spacial score (nSPS) is 23.3. The molecule has 3 heterocycles. The monoisotopic (exact) mass is 232 g/mol. The molecule has 0 aromatic carbocycles. The highest BCUT2D eigenvalue weighted by atomic mass is 16.2. The van der Waals surface area contributed by atoms with Gasteiger partial charge in [0.2, 0.25) is 0 Å². The second-order valence-electron chi connectivity index (χ2n) is 4.49. The van der Waals surface area contributed by atoms with E-state index in [1.165, 1.54) is 5.57 Å². The van der Waals surface area contributed by atoms with Crippen molar-refractivity contribution in [1.29, 1.82) is 0 Å². The maximum absolute atomic E-state index is 12.0. The Hall–Kier alpha value is -1.78. The predicted octanol–water partition coefficient (Wildman–Crippen LogP) is 0.943. The van der Waals surface area contributed by atoms with Crippen LogP contribution in [0.3, 0.4) is 0 Å².